The van der Waals surface area contributed by atoms with Gasteiger partial charge in [-0.15, -0.1) is 0 Å². The Hall–Kier alpha value is -5.36. The van der Waals surface area contributed by atoms with Crippen LogP contribution in [0.25, 0.3) is 16.8 Å². The maximum atomic E-state index is 6.39. The minimum atomic E-state index is 0.688. The molecular formula is C36H31N5O. The Bertz CT molecular complexity index is 1870. The van der Waals surface area contributed by atoms with Gasteiger partial charge in [0.2, 0.25) is 0 Å². The van der Waals surface area contributed by atoms with E-state index in [9.17, 15) is 0 Å². The first kappa shape index (κ1) is 25.6. The van der Waals surface area contributed by atoms with Crippen LogP contribution < -0.4 is 14.5 Å². The summed E-state index contributed by atoms with van der Waals surface area (Å²) >= 11 is 0. The number of hydrogen-bond acceptors (Lipinski definition) is 5. The molecule has 0 N–H and O–H groups in total. The summed E-state index contributed by atoms with van der Waals surface area (Å²) in [5.41, 5.74) is 11.4. The summed E-state index contributed by atoms with van der Waals surface area (Å²) in [6, 6.07) is 33.1. The van der Waals surface area contributed by atoms with E-state index >= 15 is 0 Å². The van der Waals surface area contributed by atoms with Crippen molar-refractivity contribution in [3.63, 3.8) is 0 Å². The highest BCUT2D eigenvalue weighted by atomic mass is 16.5. The van der Waals surface area contributed by atoms with Crippen LogP contribution in [0.4, 0.5) is 22.7 Å². The summed E-state index contributed by atoms with van der Waals surface area (Å²) in [7, 11) is 0. The first-order valence-electron chi connectivity index (χ1n) is 14.1. The Kier molecular flexibility index (Phi) is 6.44. The van der Waals surface area contributed by atoms with Crippen LogP contribution in [-0.2, 0) is 0 Å². The molecule has 0 spiro atoms. The fourth-order valence-electron chi connectivity index (χ4n) is 5.90. The molecule has 6 heteroatoms. The van der Waals surface area contributed by atoms with E-state index in [-0.39, 0.29) is 0 Å². The highest BCUT2D eigenvalue weighted by Crippen LogP contribution is 2.46. The summed E-state index contributed by atoms with van der Waals surface area (Å²) in [5, 5.41) is 4.59. The molecule has 0 fully saturated rings. The molecule has 0 unspecified atom stereocenters. The van der Waals surface area contributed by atoms with Crippen LogP contribution >= 0.6 is 0 Å². The zero-order chi connectivity index (χ0) is 28.6. The predicted molar refractivity (Wildman–Crippen MR) is 170 cm³/mol. The minimum Gasteiger partial charge on any atom is -0.457 e. The molecule has 3 heterocycles. The Morgan fingerprint density at radius 3 is 2.12 bits per heavy atom. The summed E-state index contributed by atoms with van der Waals surface area (Å²) in [6.45, 7) is 7.20. The smallest absolute Gasteiger partial charge is 0.129 e. The average molecular weight is 550 g/mol. The predicted octanol–water partition coefficient (Wildman–Crippen LogP) is 8.90. The lowest BCUT2D eigenvalue weighted by Gasteiger charge is -2.25. The van der Waals surface area contributed by atoms with Crippen molar-refractivity contribution in [1.29, 1.82) is 0 Å². The van der Waals surface area contributed by atoms with E-state index in [4.69, 9.17) is 4.74 Å². The lowest BCUT2D eigenvalue weighted by atomic mass is 10.0. The lowest BCUT2D eigenvalue weighted by molar-refractivity contribution is 0.482. The monoisotopic (exact) mass is 549 g/mol. The molecule has 6 aromatic rings. The van der Waals surface area contributed by atoms with Crippen molar-refractivity contribution in [3.05, 3.63) is 139 Å². The third-order valence-corrected chi connectivity index (χ3v) is 7.68. The molecule has 6 nitrogen and oxygen atoms in total. The van der Waals surface area contributed by atoms with Gasteiger partial charge < -0.3 is 14.5 Å². The molecule has 0 radical (unpaired) electrons. The van der Waals surface area contributed by atoms with E-state index in [0.717, 1.165) is 45.4 Å². The summed E-state index contributed by atoms with van der Waals surface area (Å²) < 4.78 is 8.27. The molecule has 0 saturated heterocycles. The minimum absolute atomic E-state index is 0.688. The Morgan fingerprint density at radius 1 is 0.643 bits per heavy atom. The van der Waals surface area contributed by atoms with Crippen molar-refractivity contribution in [3.8, 4) is 28.3 Å². The molecule has 7 rings (SSSR count). The number of fused-ring (bicyclic) bond motifs is 1. The molecule has 1 aliphatic heterocycles. The van der Waals surface area contributed by atoms with Gasteiger partial charge in [0.05, 0.1) is 29.5 Å². The number of pyridine rings is 1. The zero-order valence-corrected chi connectivity index (χ0v) is 23.9. The average Bonchev–Trinajstić information content (AvgIpc) is 3.64. The molecule has 0 amide bonds. The van der Waals surface area contributed by atoms with Crippen LogP contribution in [0.1, 0.15) is 16.7 Å². The number of rotatable bonds is 6. The summed E-state index contributed by atoms with van der Waals surface area (Å²) in [5.74, 6) is 1.52. The van der Waals surface area contributed by atoms with Crippen molar-refractivity contribution in [1.82, 2.24) is 14.8 Å². The van der Waals surface area contributed by atoms with Gasteiger partial charge in [0.25, 0.3) is 0 Å². The maximum Gasteiger partial charge on any atom is 0.129 e. The number of anilines is 4. The highest BCUT2D eigenvalue weighted by Gasteiger charge is 2.30. The highest BCUT2D eigenvalue weighted by molar-refractivity contribution is 5.88. The number of nitrogens with zero attached hydrogens (tertiary/aromatic N) is 5. The first-order chi connectivity index (χ1) is 20.5. The number of ether oxygens (including phenoxy) is 1. The van der Waals surface area contributed by atoms with Crippen molar-refractivity contribution in [2.75, 3.05) is 16.5 Å². The molecule has 0 saturated carbocycles. The fourth-order valence-corrected chi connectivity index (χ4v) is 5.90. The van der Waals surface area contributed by atoms with Gasteiger partial charge in [-0.25, -0.2) is 4.68 Å². The van der Waals surface area contributed by atoms with Gasteiger partial charge in [-0.1, -0.05) is 60.2 Å². The number of aromatic nitrogens is 3. The van der Waals surface area contributed by atoms with Crippen molar-refractivity contribution in [2.45, 2.75) is 20.8 Å². The number of aryl methyl sites for hydroxylation is 3. The summed E-state index contributed by atoms with van der Waals surface area (Å²) in [4.78, 5) is 9.13. The third kappa shape index (κ3) is 4.77. The second-order valence-electron chi connectivity index (χ2n) is 10.7. The number of benzene rings is 4. The van der Waals surface area contributed by atoms with Gasteiger partial charge in [-0.3, -0.25) is 4.98 Å². The molecule has 4 aromatic carbocycles. The van der Waals surface area contributed by atoms with Gasteiger partial charge in [0.1, 0.15) is 18.2 Å². The van der Waals surface area contributed by atoms with E-state index in [0.29, 0.717) is 6.67 Å². The first-order valence-corrected chi connectivity index (χ1v) is 14.1. The Morgan fingerprint density at radius 2 is 1.36 bits per heavy atom. The zero-order valence-electron chi connectivity index (χ0n) is 23.9. The fraction of sp³-hybridized carbons (Fsp3) is 0.111. The van der Waals surface area contributed by atoms with E-state index in [1.54, 1.807) is 0 Å². The van der Waals surface area contributed by atoms with E-state index < -0.39 is 0 Å². The molecular weight excluding hydrogens is 518 g/mol. The van der Waals surface area contributed by atoms with Crippen LogP contribution in [0.15, 0.2) is 122 Å². The van der Waals surface area contributed by atoms with E-state index in [1.807, 2.05) is 84.1 Å². The Labute approximate surface area is 246 Å². The van der Waals surface area contributed by atoms with Gasteiger partial charge >= 0.3 is 0 Å². The summed E-state index contributed by atoms with van der Waals surface area (Å²) in [6.07, 6.45) is 7.74. The maximum absolute atomic E-state index is 6.39. The molecule has 0 aliphatic carbocycles. The quantitative estimate of drug-likeness (QED) is 0.208. The molecule has 0 atom stereocenters. The second kappa shape index (κ2) is 10.6. The van der Waals surface area contributed by atoms with E-state index in [2.05, 4.69) is 83.1 Å². The van der Waals surface area contributed by atoms with Gasteiger partial charge in [-0.05, 0) is 67.8 Å². The van der Waals surface area contributed by atoms with Gasteiger partial charge in [0, 0.05) is 41.5 Å². The van der Waals surface area contributed by atoms with Crippen molar-refractivity contribution >= 4 is 22.7 Å². The molecule has 0 bridgehead atoms. The molecule has 206 valence electrons. The lowest BCUT2D eigenvalue weighted by Crippen LogP contribution is -2.25. The normalized spacial score (nSPS) is 12.5. The molecule has 1 aliphatic rings. The second-order valence-corrected chi connectivity index (χ2v) is 10.7. The van der Waals surface area contributed by atoms with Crippen LogP contribution in [0, 0.1) is 20.8 Å². The molecule has 2 aromatic heterocycles. The van der Waals surface area contributed by atoms with Crippen molar-refractivity contribution < 1.29 is 4.74 Å². The largest absolute Gasteiger partial charge is 0.457 e. The Balaban J connectivity index is 1.16. The van der Waals surface area contributed by atoms with Crippen LogP contribution in [0.3, 0.4) is 0 Å². The van der Waals surface area contributed by atoms with Gasteiger partial charge in [0.15, 0.2) is 0 Å². The third-order valence-electron chi connectivity index (χ3n) is 7.68. The van der Waals surface area contributed by atoms with Crippen LogP contribution in [0.5, 0.6) is 11.5 Å². The molecule has 42 heavy (non-hydrogen) atoms. The van der Waals surface area contributed by atoms with E-state index in [1.165, 1.54) is 22.4 Å². The standard InChI is InChI=1S/C36H31N5O/c1-25-17-26(2)36(27(3)18-25)40-24-39(34-15-16-37-22-35(34)40)30-11-7-13-32(19-30)42-33-14-8-12-31(20-33)41-23-29(21-38-41)28-9-5-4-6-10-28/h4-23H,24H2,1-3H3. The van der Waals surface area contributed by atoms with Crippen molar-refractivity contribution in [2.24, 2.45) is 0 Å². The SMILES string of the molecule is Cc1cc(C)c(N2CN(c3cccc(Oc4cccc(-n5cc(-c6ccccc6)cn5)c4)c3)c3ccncc32)c(C)c1. The van der Waals surface area contributed by atoms with Crippen LogP contribution in [0.2, 0.25) is 0 Å². The van der Waals surface area contributed by atoms with Gasteiger partial charge in [-0.2, -0.15) is 5.10 Å². The number of hydrogen-bond donors (Lipinski definition) is 0. The van der Waals surface area contributed by atoms with Crippen LogP contribution in [-0.4, -0.2) is 21.4 Å². The topological polar surface area (TPSA) is 46.4 Å².